The maximum atomic E-state index is 12.7. The predicted octanol–water partition coefficient (Wildman–Crippen LogP) is 2.51. The van der Waals surface area contributed by atoms with Crippen molar-refractivity contribution in [2.45, 2.75) is 45.3 Å². The van der Waals surface area contributed by atoms with Crippen LogP contribution in [-0.4, -0.2) is 65.0 Å². The first-order valence-electron chi connectivity index (χ1n) is 9.19. The number of piperidine rings is 1. The Morgan fingerprint density at radius 2 is 1.80 bits per heavy atom. The van der Waals surface area contributed by atoms with Crippen molar-refractivity contribution < 1.29 is 9.59 Å². The molecule has 2 saturated heterocycles. The molecule has 0 atom stereocenters. The average Bonchev–Trinajstić information content (AvgIpc) is 2.96. The van der Waals surface area contributed by atoms with Crippen LogP contribution in [0.4, 0.5) is 9.59 Å². The van der Waals surface area contributed by atoms with Crippen molar-refractivity contribution in [1.29, 1.82) is 0 Å². The summed E-state index contributed by atoms with van der Waals surface area (Å²) in [6, 6.07) is 10.7. The van der Waals surface area contributed by atoms with Crippen LogP contribution < -0.4 is 5.32 Å². The summed E-state index contributed by atoms with van der Waals surface area (Å²) < 4.78 is 0. The van der Waals surface area contributed by atoms with Crippen LogP contribution in [0.1, 0.15) is 32.3 Å². The molecule has 2 aliphatic heterocycles. The standard InChI is InChI=1S/C19H28N4O2/c1-15(2)20-18(24)21-10-8-17(9-11-21)23-13-12-22(19(23)25)14-16-6-4-3-5-7-16/h3-7,15,17H,8-14H2,1-2H3,(H,20,24). The predicted molar refractivity (Wildman–Crippen MR) is 97.2 cm³/mol. The van der Waals surface area contributed by atoms with Crippen LogP contribution in [-0.2, 0) is 6.54 Å². The van der Waals surface area contributed by atoms with E-state index >= 15 is 0 Å². The van der Waals surface area contributed by atoms with Gasteiger partial charge in [0.25, 0.3) is 0 Å². The van der Waals surface area contributed by atoms with E-state index in [4.69, 9.17) is 0 Å². The molecule has 0 unspecified atom stereocenters. The molecule has 1 aromatic carbocycles. The molecule has 1 aromatic rings. The fourth-order valence-corrected chi connectivity index (χ4v) is 3.61. The normalized spacial score (nSPS) is 19.0. The van der Waals surface area contributed by atoms with Crippen LogP contribution in [0.2, 0.25) is 0 Å². The first kappa shape index (κ1) is 17.6. The molecule has 0 radical (unpaired) electrons. The van der Waals surface area contributed by atoms with Gasteiger partial charge in [-0.1, -0.05) is 30.3 Å². The molecule has 3 rings (SSSR count). The van der Waals surface area contributed by atoms with Crippen LogP contribution in [0.5, 0.6) is 0 Å². The molecular weight excluding hydrogens is 316 g/mol. The second-order valence-electron chi connectivity index (χ2n) is 7.21. The van der Waals surface area contributed by atoms with Crippen molar-refractivity contribution in [2.75, 3.05) is 26.2 Å². The van der Waals surface area contributed by atoms with E-state index in [-0.39, 0.29) is 24.1 Å². The molecular formula is C19H28N4O2. The Kier molecular flexibility index (Phi) is 5.46. The number of urea groups is 2. The van der Waals surface area contributed by atoms with Crippen LogP contribution in [0.15, 0.2) is 30.3 Å². The zero-order valence-electron chi connectivity index (χ0n) is 15.1. The molecule has 2 aliphatic rings. The highest BCUT2D eigenvalue weighted by Crippen LogP contribution is 2.22. The number of hydrogen-bond donors (Lipinski definition) is 1. The number of likely N-dealkylation sites (tertiary alicyclic amines) is 1. The lowest BCUT2D eigenvalue weighted by atomic mass is 10.0. The topological polar surface area (TPSA) is 55.9 Å². The minimum Gasteiger partial charge on any atom is -0.336 e. The maximum Gasteiger partial charge on any atom is 0.320 e. The maximum absolute atomic E-state index is 12.7. The summed E-state index contributed by atoms with van der Waals surface area (Å²) in [6.07, 6.45) is 1.72. The van der Waals surface area contributed by atoms with Gasteiger partial charge in [0.1, 0.15) is 0 Å². The Morgan fingerprint density at radius 1 is 1.12 bits per heavy atom. The first-order valence-corrected chi connectivity index (χ1v) is 9.19. The molecule has 0 saturated carbocycles. The number of rotatable bonds is 4. The van der Waals surface area contributed by atoms with E-state index in [9.17, 15) is 9.59 Å². The van der Waals surface area contributed by atoms with Gasteiger partial charge >= 0.3 is 12.1 Å². The van der Waals surface area contributed by atoms with Crippen LogP contribution >= 0.6 is 0 Å². The lowest BCUT2D eigenvalue weighted by Gasteiger charge is -2.36. The summed E-state index contributed by atoms with van der Waals surface area (Å²) in [5, 5.41) is 2.94. The quantitative estimate of drug-likeness (QED) is 0.912. The zero-order chi connectivity index (χ0) is 17.8. The van der Waals surface area contributed by atoms with Gasteiger partial charge in [0.2, 0.25) is 0 Å². The lowest BCUT2D eigenvalue weighted by molar-refractivity contribution is 0.134. The van der Waals surface area contributed by atoms with Crippen molar-refractivity contribution in [3.8, 4) is 0 Å². The Balaban J connectivity index is 1.51. The van der Waals surface area contributed by atoms with E-state index in [0.717, 1.165) is 31.5 Å². The van der Waals surface area contributed by atoms with Crippen molar-refractivity contribution >= 4 is 12.1 Å². The van der Waals surface area contributed by atoms with Crippen LogP contribution in [0, 0.1) is 0 Å². The smallest absolute Gasteiger partial charge is 0.320 e. The van der Waals surface area contributed by atoms with Crippen molar-refractivity contribution in [3.05, 3.63) is 35.9 Å². The van der Waals surface area contributed by atoms with E-state index in [2.05, 4.69) is 17.4 Å². The molecule has 0 spiro atoms. The third-order valence-corrected chi connectivity index (χ3v) is 4.95. The number of carbonyl (C=O) groups is 2. The van der Waals surface area contributed by atoms with Crippen molar-refractivity contribution in [3.63, 3.8) is 0 Å². The molecule has 25 heavy (non-hydrogen) atoms. The lowest BCUT2D eigenvalue weighted by Crippen LogP contribution is -2.51. The summed E-state index contributed by atoms with van der Waals surface area (Å²) in [5.74, 6) is 0. The van der Waals surface area contributed by atoms with Gasteiger partial charge in [0, 0.05) is 44.8 Å². The fraction of sp³-hybridized carbons (Fsp3) is 0.579. The highest BCUT2D eigenvalue weighted by molar-refractivity contribution is 5.77. The molecule has 136 valence electrons. The van der Waals surface area contributed by atoms with E-state index in [1.54, 1.807) is 0 Å². The fourth-order valence-electron chi connectivity index (χ4n) is 3.61. The third-order valence-electron chi connectivity index (χ3n) is 4.95. The van der Waals surface area contributed by atoms with Crippen molar-refractivity contribution in [1.82, 2.24) is 20.0 Å². The number of amides is 4. The molecule has 4 amide bonds. The Labute approximate surface area is 149 Å². The van der Waals surface area contributed by atoms with E-state index in [0.29, 0.717) is 19.6 Å². The summed E-state index contributed by atoms with van der Waals surface area (Å²) in [4.78, 5) is 30.6. The summed E-state index contributed by atoms with van der Waals surface area (Å²) >= 11 is 0. The van der Waals surface area contributed by atoms with Crippen LogP contribution in [0.3, 0.4) is 0 Å². The molecule has 0 aromatic heterocycles. The molecule has 6 nitrogen and oxygen atoms in total. The van der Waals surface area contributed by atoms with E-state index in [1.165, 1.54) is 0 Å². The Bertz CT molecular complexity index is 597. The first-order chi connectivity index (χ1) is 12.0. The molecule has 0 bridgehead atoms. The van der Waals surface area contributed by atoms with Gasteiger partial charge < -0.3 is 20.0 Å². The average molecular weight is 344 g/mol. The monoisotopic (exact) mass is 344 g/mol. The second kappa shape index (κ2) is 7.76. The minimum absolute atomic E-state index is 0.00639. The molecule has 0 aliphatic carbocycles. The molecule has 1 N–H and O–H groups in total. The van der Waals surface area contributed by atoms with E-state index < -0.39 is 0 Å². The minimum atomic E-state index is 0.00639. The second-order valence-corrected chi connectivity index (χ2v) is 7.21. The third kappa shape index (κ3) is 4.24. The largest absolute Gasteiger partial charge is 0.336 e. The number of hydrogen-bond acceptors (Lipinski definition) is 2. The zero-order valence-corrected chi connectivity index (χ0v) is 15.1. The Morgan fingerprint density at radius 3 is 2.44 bits per heavy atom. The highest BCUT2D eigenvalue weighted by atomic mass is 16.2. The summed E-state index contributed by atoms with van der Waals surface area (Å²) in [5.41, 5.74) is 1.16. The molecule has 2 fully saturated rings. The van der Waals surface area contributed by atoms with Gasteiger partial charge in [0.15, 0.2) is 0 Å². The summed E-state index contributed by atoms with van der Waals surface area (Å²) in [6.45, 7) is 7.60. The number of nitrogens with zero attached hydrogens (tertiary/aromatic N) is 3. The molecule has 2 heterocycles. The Hall–Kier alpha value is -2.24. The van der Waals surface area contributed by atoms with Gasteiger partial charge in [-0.15, -0.1) is 0 Å². The van der Waals surface area contributed by atoms with Gasteiger partial charge in [0.05, 0.1) is 0 Å². The van der Waals surface area contributed by atoms with Gasteiger partial charge in [-0.2, -0.15) is 0 Å². The summed E-state index contributed by atoms with van der Waals surface area (Å²) in [7, 11) is 0. The highest BCUT2D eigenvalue weighted by Gasteiger charge is 2.35. The number of benzene rings is 1. The van der Waals surface area contributed by atoms with Gasteiger partial charge in [-0.25, -0.2) is 9.59 Å². The SMILES string of the molecule is CC(C)NC(=O)N1CCC(N2CCN(Cc3ccccc3)C2=O)CC1. The van der Waals surface area contributed by atoms with Gasteiger partial charge in [-0.3, -0.25) is 0 Å². The van der Waals surface area contributed by atoms with Gasteiger partial charge in [-0.05, 0) is 32.3 Å². The van der Waals surface area contributed by atoms with Crippen LogP contribution in [0.25, 0.3) is 0 Å². The number of carbonyl (C=O) groups excluding carboxylic acids is 2. The van der Waals surface area contributed by atoms with E-state index in [1.807, 2.05) is 46.7 Å². The number of nitrogens with one attached hydrogen (secondary N) is 1. The molecule has 6 heteroatoms. The van der Waals surface area contributed by atoms with Crippen molar-refractivity contribution in [2.24, 2.45) is 0 Å².